The Morgan fingerprint density at radius 2 is 1.68 bits per heavy atom. The summed E-state index contributed by atoms with van der Waals surface area (Å²) in [7, 11) is 0. The first-order valence-corrected chi connectivity index (χ1v) is 11.5. The number of hydrogen-bond donors (Lipinski definition) is 3. The summed E-state index contributed by atoms with van der Waals surface area (Å²) in [4.78, 5) is 7.67. The predicted molar refractivity (Wildman–Crippen MR) is 139 cm³/mol. The molecule has 1 unspecified atom stereocenters. The van der Waals surface area contributed by atoms with Gasteiger partial charge in [-0.15, -0.1) is 0 Å². The van der Waals surface area contributed by atoms with Crippen molar-refractivity contribution < 1.29 is 4.74 Å². The van der Waals surface area contributed by atoms with E-state index in [-0.39, 0.29) is 6.04 Å². The normalized spacial score (nSPS) is 11.9. The number of hydrogen-bond acceptors (Lipinski definition) is 4. The molecule has 2 heterocycles. The van der Waals surface area contributed by atoms with E-state index in [0.29, 0.717) is 6.61 Å². The minimum absolute atomic E-state index is 0.112. The van der Waals surface area contributed by atoms with Crippen LogP contribution in [0.2, 0.25) is 0 Å². The van der Waals surface area contributed by atoms with Gasteiger partial charge in [0.2, 0.25) is 0 Å². The van der Waals surface area contributed by atoms with E-state index in [1.165, 1.54) is 16.5 Å². The monoisotopic (exact) mass is 448 g/mol. The van der Waals surface area contributed by atoms with Crippen molar-refractivity contribution >= 4 is 16.6 Å². The van der Waals surface area contributed by atoms with Crippen LogP contribution in [0.4, 0.5) is 5.69 Å². The van der Waals surface area contributed by atoms with Gasteiger partial charge in [-0.25, -0.2) is 0 Å². The number of H-pyrrole nitrogens is 1. The molecule has 0 aliphatic carbocycles. The molecule has 5 nitrogen and oxygen atoms in total. The van der Waals surface area contributed by atoms with Crippen molar-refractivity contribution in [3.63, 3.8) is 0 Å². The molecule has 1 atom stereocenters. The largest absolute Gasteiger partial charge is 0.490 e. The Morgan fingerprint density at radius 1 is 0.882 bits per heavy atom. The van der Waals surface area contributed by atoms with Gasteiger partial charge in [-0.3, -0.25) is 4.98 Å². The highest BCUT2D eigenvalue weighted by Gasteiger charge is 2.10. The van der Waals surface area contributed by atoms with Crippen LogP contribution in [0.1, 0.15) is 11.1 Å². The zero-order chi connectivity index (χ0) is 23.2. The van der Waals surface area contributed by atoms with Gasteiger partial charge in [0.1, 0.15) is 12.4 Å². The molecule has 0 aliphatic rings. The number of nitrogens with zero attached hydrogens (tertiary/aromatic N) is 1. The SMILES string of the molecule is NC(COc1cncc(-c2ccc(CNc3ccccc3)cc2)c1)Cc1c[nH]c2ccccc12. The summed E-state index contributed by atoms with van der Waals surface area (Å²) in [6.07, 6.45) is 6.37. The average molecular weight is 449 g/mol. The lowest BCUT2D eigenvalue weighted by Crippen LogP contribution is -2.30. The Bertz CT molecular complexity index is 1350. The number of nitrogens with two attached hydrogens (primary N) is 1. The summed E-state index contributed by atoms with van der Waals surface area (Å²) in [6.45, 7) is 1.20. The zero-order valence-electron chi connectivity index (χ0n) is 18.9. The van der Waals surface area contributed by atoms with E-state index in [0.717, 1.165) is 41.0 Å². The molecule has 0 spiro atoms. The smallest absolute Gasteiger partial charge is 0.138 e. The number of ether oxygens (including phenoxy) is 1. The fourth-order valence-electron chi connectivity index (χ4n) is 4.08. The van der Waals surface area contributed by atoms with Crippen molar-refractivity contribution in [2.75, 3.05) is 11.9 Å². The molecular formula is C29H28N4O. The van der Waals surface area contributed by atoms with Crippen molar-refractivity contribution in [1.29, 1.82) is 0 Å². The second-order valence-electron chi connectivity index (χ2n) is 8.46. The van der Waals surface area contributed by atoms with E-state index in [1.807, 2.05) is 48.8 Å². The maximum absolute atomic E-state index is 6.37. The number of anilines is 1. The zero-order valence-corrected chi connectivity index (χ0v) is 18.9. The van der Waals surface area contributed by atoms with Crippen LogP contribution in [0.5, 0.6) is 5.75 Å². The molecule has 3 aromatic carbocycles. The molecule has 5 rings (SSSR count). The van der Waals surface area contributed by atoms with Crippen molar-refractivity contribution in [3.8, 4) is 16.9 Å². The summed E-state index contributed by atoms with van der Waals surface area (Å²) in [5.41, 5.74) is 13.2. The molecule has 0 radical (unpaired) electrons. The third-order valence-corrected chi connectivity index (χ3v) is 5.89. The highest BCUT2D eigenvalue weighted by molar-refractivity contribution is 5.83. The first-order valence-electron chi connectivity index (χ1n) is 11.5. The maximum atomic E-state index is 6.37. The molecule has 5 heteroatoms. The second-order valence-corrected chi connectivity index (χ2v) is 8.46. The molecule has 5 aromatic rings. The first-order chi connectivity index (χ1) is 16.7. The van der Waals surface area contributed by atoms with Gasteiger partial charge < -0.3 is 20.8 Å². The van der Waals surface area contributed by atoms with Crippen molar-refractivity contribution in [2.24, 2.45) is 5.73 Å². The third kappa shape index (κ3) is 5.27. The molecule has 0 saturated heterocycles. The second kappa shape index (κ2) is 10.2. The highest BCUT2D eigenvalue weighted by atomic mass is 16.5. The third-order valence-electron chi connectivity index (χ3n) is 5.89. The molecule has 0 aliphatic heterocycles. The van der Waals surface area contributed by atoms with Crippen molar-refractivity contribution in [2.45, 2.75) is 19.0 Å². The molecule has 34 heavy (non-hydrogen) atoms. The number of benzene rings is 3. The number of para-hydroxylation sites is 2. The van der Waals surface area contributed by atoms with Crippen LogP contribution < -0.4 is 15.8 Å². The van der Waals surface area contributed by atoms with Crippen LogP contribution >= 0.6 is 0 Å². The number of rotatable bonds is 9. The summed E-state index contributed by atoms with van der Waals surface area (Å²) in [5, 5.41) is 4.65. The van der Waals surface area contributed by atoms with Gasteiger partial charge >= 0.3 is 0 Å². The lowest BCUT2D eigenvalue weighted by molar-refractivity contribution is 0.287. The van der Waals surface area contributed by atoms with Crippen molar-refractivity contribution in [1.82, 2.24) is 9.97 Å². The van der Waals surface area contributed by atoms with E-state index in [2.05, 4.69) is 63.8 Å². The highest BCUT2D eigenvalue weighted by Crippen LogP contribution is 2.24. The lowest BCUT2D eigenvalue weighted by atomic mass is 10.1. The Kier molecular flexibility index (Phi) is 6.54. The maximum Gasteiger partial charge on any atom is 0.138 e. The predicted octanol–water partition coefficient (Wildman–Crippen LogP) is 5.79. The van der Waals surface area contributed by atoms with E-state index >= 15 is 0 Å². The number of pyridine rings is 1. The van der Waals surface area contributed by atoms with Crippen LogP contribution in [-0.2, 0) is 13.0 Å². The molecule has 0 fully saturated rings. The molecule has 0 amide bonds. The summed E-state index contributed by atoms with van der Waals surface area (Å²) >= 11 is 0. The Labute approximate surface area is 199 Å². The van der Waals surface area contributed by atoms with Gasteiger partial charge in [-0.05, 0) is 47.4 Å². The van der Waals surface area contributed by atoms with Gasteiger partial charge in [0, 0.05) is 47.1 Å². The summed E-state index contributed by atoms with van der Waals surface area (Å²) in [5.74, 6) is 0.724. The molecule has 4 N–H and O–H groups in total. The van der Waals surface area contributed by atoms with Gasteiger partial charge in [0.25, 0.3) is 0 Å². The minimum Gasteiger partial charge on any atom is -0.490 e. The van der Waals surface area contributed by atoms with E-state index in [1.54, 1.807) is 6.20 Å². The Balaban J connectivity index is 1.18. The molecule has 0 bridgehead atoms. The molecule has 2 aromatic heterocycles. The van der Waals surface area contributed by atoms with Gasteiger partial charge in [-0.1, -0.05) is 60.7 Å². The van der Waals surface area contributed by atoms with Crippen molar-refractivity contribution in [3.05, 3.63) is 115 Å². The standard InChI is InChI=1S/C29H28N4O/c30-25(14-24-18-33-29-9-5-4-8-28(24)29)20-34-27-15-23(17-31-19-27)22-12-10-21(11-13-22)16-32-26-6-2-1-3-7-26/h1-13,15,17-19,25,32-33H,14,16,20,30H2. The number of fused-ring (bicyclic) bond motifs is 1. The molecular weight excluding hydrogens is 420 g/mol. The number of nitrogens with one attached hydrogen (secondary N) is 2. The van der Waals surface area contributed by atoms with Crippen LogP contribution in [0.3, 0.4) is 0 Å². The fourth-order valence-corrected chi connectivity index (χ4v) is 4.08. The van der Waals surface area contributed by atoms with Crippen LogP contribution in [-0.4, -0.2) is 22.6 Å². The van der Waals surface area contributed by atoms with Crippen LogP contribution in [0.25, 0.3) is 22.0 Å². The first kappa shape index (κ1) is 21.7. The molecule has 0 saturated carbocycles. The van der Waals surface area contributed by atoms with Gasteiger partial charge in [0.05, 0.1) is 6.20 Å². The lowest BCUT2D eigenvalue weighted by Gasteiger charge is -2.13. The van der Waals surface area contributed by atoms with Gasteiger partial charge in [0.15, 0.2) is 0 Å². The van der Waals surface area contributed by atoms with E-state index < -0.39 is 0 Å². The number of aromatic amines is 1. The van der Waals surface area contributed by atoms with Gasteiger partial charge in [-0.2, -0.15) is 0 Å². The Hall–Kier alpha value is -4.09. The van der Waals surface area contributed by atoms with Crippen LogP contribution in [0.15, 0.2) is 104 Å². The average Bonchev–Trinajstić information content (AvgIpc) is 3.30. The van der Waals surface area contributed by atoms with Crippen LogP contribution in [0, 0.1) is 0 Å². The summed E-state index contributed by atoms with van der Waals surface area (Å²) in [6, 6.07) is 28.9. The summed E-state index contributed by atoms with van der Waals surface area (Å²) < 4.78 is 5.99. The van der Waals surface area contributed by atoms with E-state index in [9.17, 15) is 0 Å². The topological polar surface area (TPSA) is 76.0 Å². The van der Waals surface area contributed by atoms with E-state index in [4.69, 9.17) is 10.5 Å². The quantitative estimate of drug-likeness (QED) is 0.267. The fraction of sp³-hybridized carbons (Fsp3) is 0.138. The minimum atomic E-state index is -0.112. The molecule has 170 valence electrons. The Morgan fingerprint density at radius 3 is 2.53 bits per heavy atom. The number of aromatic nitrogens is 2.